The molecule has 1 aromatic carbocycles. The predicted octanol–water partition coefficient (Wildman–Crippen LogP) is -0.640. The van der Waals surface area contributed by atoms with Gasteiger partial charge in [-0.25, -0.2) is 12.7 Å². The van der Waals surface area contributed by atoms with Crippen LogP contribution in [0, 0.1) is 0 Å². The third kappa shape index (κ3) is 6.64. The Morgan fingerprint density at radius 1 is 1.03 bits per heavy atom. The molecule has 2 aliphatic rings. The molecule has 2 amide bonds. The maximum Gasteiger partial charge on any atom is 0.246 e. The molecule has 0 saturated carbocycles. The fourth-order valence-corrected chi connectivity index (χ4v) is 4.84. The smallest absolute Gasteiger partial charge is 0.246 e. The van der Waals surface area contributed by atoms with E-state index >= 15 is 0 Å². The molecule has 2 heterocycles. The number of hydrogen-bond acceptors (Lipinski definition) is 8. The number of piperazine rings is 1. The van der Waals surface area contributed by atoms with E-state index in [-0.39, 0.29) is 29.0 Å². The first-order chi connectivity index (χ1) is 15.7. The quantitative estimate of drug-likeness (QED) is 0.520. The molecule has 1 N–H and O–H groups in total. The lowest BCUT2D eigenvalue weighted by molar-refractivity contribution is -0.135. The zero-order valence-corrected chi connectivity index (χ0v) is 20.3. The first-order valence-corrected chi connectivity index (χ1v) is 12.4. The summed E-state index contributed by atoms with van der Waals surface area (Å²) in [6.07, 6.45) is 0. The Labute approximate surface area is 195 Å². The van der Waals surface area contributed by atoms with Crippen LogP contribution in [0.3, 0.4) is 0 Å². The number of amides is 2. The van der Waals surface area contributed by atoms with Crippen LogP contribution in [0.4, 0.5) is 5.69 Å². The van der Waals surface area contributed by atoms with Gasteiger partial charge in [0.05, 0.1) is 33.4 Å². The maximum atomic E-state index is 12.6. The van der Waals surface area contributed by atoms with E-state index < -0.39 is 10.0 Å². The van der Waals surface area contributed by atoms with Crippen molar-refractivity contribution in [2.45, 2.75) is 4.90 Å². The summed E-state index contributed by atoms with van der Waals surface area (Å²) < 4.78 is 36.7. The number of nitrogens with one attached hydrogen (secondary N) is 1. The summed E-state index contributed by atoms with van der Waals surface area (Å²) in [4.78, 5) is 31.0. The maximum absolute atomic E-state index is 12.6. The van der Waals surface area contributed by atoms with Gasteiger partial charge in [0.2, 0.25) is 21.8 Å². The Bertz CT molecular complexity index is 940. The summed E-state index contributed by atoms with van der Waals surface area (Å²) in [6.45, 7) is 5.78. The number of methoxy groups -OCH3 is 1. The topological polar surface area (TPSA) is 112 Å². The number of hydrogen-bond donors (Lipinski definition) is 1. The van der Waals surface area contributed by atoms with Crippen LogP contribution in [0.5, 0.6) is 5.75 Å². The van der Waals surface area contributed by atoms with Gasteiger partial charge in [0.25, 0.3) is 0 Å². The van der Waals surface area contributed by atoms with Gasteiger partial charge in [-0.1, -0.05) is 0 Å². The van der Waals surface area contributed by atoms with E-state index in [0.717, 1.165) is 17.4 Å². The fourth-order valence-electron chi connectivity index (χ4n) is 3.76. The lowest BCUT2D eigenvalue weighted by atomic mass is 10.2. The van der Waals surface area contributed by atoms with E-state index in [0.29, 0.717) is 51.6 Å². The number of anilines is 1. The second-order valence-corrected chi connectivity index (χ2v) is 10.4. The van der Waals surface area contributed by atoms with Crippen LogP contribution in [0.2, 0.25) is 0 Å². The van der Waals surface area contributed by atoms with Crippen LogP contribution in [-0.4, -0.2) is 126 Å². The van der Waals surface area contributed by atoms with Crippen molar-refractivity contribution in [2.75, 3.05) is 92.1 Å². The van der Waals surface area contributed by atoms with Crippen LogP contribution in [-0.2, 0) is 24.3 Å². The molecule has 2 saturated heterocycles. The summed E-state index contributed by atoms with van der Waals surface area (Å²) >= 11 is 0. The second-order valence-electron chi connectivity index (χ2n) is 8.25. The van der Waals surface area contributed by atoms with Crippen molar-refractivity contribution >= 4 is 27.5 Å². The Kier molecular flexibility index (Phi) is 8.65. The van der Waals surface area contributed by atoms with Crippen molar-refractivity contribution in [1.29, 1.82) is 0 Å². The minimum Gasteiger partial charge on any atom is -0.495 e. The van der Waals surface area contributed by atoms with Crippen LogP contribution in [0.1, 0.15) is 0 Å². The van der Waals surface area contributed by atoms with Crippen LogP contribution >= 0.6 is 0 Å². The van der Waals surface area contributed by atoms with Crippen molar-refractivity contribution in [3.8, 4) is 5.75 Å². The van der Waals surface area contributed by atoms with Gasteiger partial charge in [0.15, 0.2) is 0 Å². The fraction of sp³-hybridized carbons (Fsp3) is 0.619. The Morgan fingerprint density at radius 2 is 1.67 bits per heavy atom. The molecule has 0 bridgehead atoms. The third-order valence-electron chi connectivity index (χ3n) is 5.76. The van der Waals surface area contributed by atoms with Gasteiger partial charge in [-0.15, -0.1) is 0 Å². The molecular weight excluding hydrogens is 450 g/mol. The normalized spacial score (nSPS) is 18.4. The summed E-state index contributed by atoms with van der Waals surface area (Å²) in [5, 5.41) is 2.76. The van der Waals surface area contributed by atoms with Gasteiger partial charge in [-0.2, -0.15) is 0 Å². The first kappa shape index (κ1) is 25.4. The second kappa shape index (κ2) is 11.3. The molecule has 0 aliphatic carbocycles. The van der Waals surface area contributed by atoms with E-state index in [1.54, 1.807) is 6.07 Å². The summed E-state index contributed by atoms with van der Waals surface area (Å²) in [5.74, 6) is 0.0647. The highest BCUT2D eigenvalue weighted by Gasteiger charge is 2.26. The lowest BCUT2D eigenvalue weighted by Crippen LogP contribution is -2.53. The van der Waals surface area contributed by atoms with Gasteiger partial charge in [-0.05, 0) is 18.2 Å². The number of nitrogens with zero attached hydrogens (tertiary/aromatic N) is 4. The zero-order chi connectivity index (χ0) is 24.0. The number of carbonyl (C=O) groups is 2. The minimum absolute atomic E-state index is 0.0137. The number of ether oxygens (including phenoxy) is 2. The van der Waals surface area contributed by atoms with E-state index in [4.69, 9.17) is 9.47 Å². The van der Waals surface area contributed by atoms with Gasteiger partial charge in [-0.3, -0.25) is 19.4 Å². The molecule has 0 aromatic heterocycles. The molecule has 0 unspecified atom stereocenters. The van der Waals surface area contributed by atoms with E-state index in [2.05, 4.69) is 10.2 Å². The standard InChI is InChI=1S/C21H33N5O6S/c1-23(2)33(29,30)19-14-17(4-5-18(19)31-3)22-20(27)15-24-6-8-26(9-7-24)21(28)16-25-10-12-32-13-11-25/h4-5,14H,6-13,15-16H2,1-3H3,(H,22,27). The first-order valence-electron chi connectivity index (χ1n) is 10.9. The molecule has 184 valence electrons. The summed E-state index contributed by atoms with van der Waals surface area (Å²) in [6, 6.07) is 4.52. The van der Waals surface area contributed by atoms with E-state index in [9.17, 15) is 18.0 Å². The Morgan fingerprint density at radius 3 is 2.27 bits per heavy atom. The van der Waals surface area contributed by atoms with Crippen molar-refractivity contribution in [2.24, 2.45) is 0 Å². The number of benzene rings is 1. The third-order valence-corrected chi connectivity index (χ3v) is 7.60. The van der Waals surface area contributed by atoms with Gasteiger partial charge in [0, 0.05) is 59.1 Å². The molecule has 2 fully saturated rings. The SMILES string of the molecule is COc1ccc(NC(=O)CN2CCN(C(=O)CN3CCOCC3)CC2)cc1S(=O)(=O)N(C)C. The monoisotopic (exact) mass is 483 g/mol. The van der Waals surface area contributed by atoms with Gasteiger partial charge >= 0.3 is 0 Å². The van der Waals surface area contributed by atoms with Gasteiger partial charge in [0.1, 0.15) is 10.6 Å². The molecule has 0 atom stereocenters. The number of carbonyl (C=O) groups excluding carboxylic acids is 2. The average molecular weight is 484 g/mol. The molecule has 33 heavy (non-hydrogen) atoms. The summed E-state index contributed by atoms with van der Waals surface area (Å²) in [7, 11) is 0.537. The average Bonchev–Trinajstić information content (AvgIpc) is 2.80. The van der Waals surface area contributed by atoms with Gasteiger partial charge < -0.3 is 19.7 Å². The largest absolute Gasteiger partial charge is 0.495 e. The van der Waals surface area contributed by atoms with E-state index in [1.165, 1.54) is 33.3 Å². The van der Waals surface area contributed by atoms with Crippen molar-refractivity contribution in [3.05, 3.63) is 18.2 Å². The van der Waals surface area contributed by atoms with Crippen LogP contribution < -0.4 is 10.1 Å². The summed E-state index contributed by atoms with van der Waals surface area (Å²) in [5.41, 5.74) is 0.376. The highest BCUT2D eigenvalue weighted by molar-refractivity contribution is 7.89. The molecule has 3 rings (SSSR count). The minimum atomic E-state index is -3.73. The van der Waals surface area contributed by atoms with Crippen molar-refractivity contribution in [3.63, 3.8) is 0 Å². The lowest BCUT2D eigenvalue weighted by Gasteiger charge is -2.36. The number of sulfonamides is 1. The van der Waals surface area contributed by atoms with Crippen molar-refractivity contribution < 1.29 is 27.5 Å². The zero-order valence-electron chi connectivity index (χ0n) is 19.4. The molecular formula is C21H33N5O6S. The number of morpholine rings is 1. The molecule has 0 radical (unpaired) electrons. The van der Waals surface area contributed by atoms with E-state index in [1.807, 2.05) is 9.80 Å². The van der Waals surface area contributed by atoms with Crippen LogP contribution in [0.15, 0.2) is 23.1 Å². The Hall–Kier alpha value is -2.25. The number of rotatable bonds is 8. The molecule has 1 aromatic rings. The predicted molar refractivity (Wildman–Crippen MR) is 123 cm³/mol. The molecule has 12 heteroatoms. The molecule has 2 aliphatic heterocycles. The van der Waals surface area contributed by atoms with Crippen LogP contribution in [0.25, 0.3) is 0 Å². The highest BCUT2D eigenvalue weighted by Crippen LogP contribution is 2.28. The Balaban J connectivity index is 1.51. The molecule has 11 nitrogen and oxygen atoms in total. The molecule has 0 spiro atoms. The van der Waals surface area contributed by atoms with Crippen molar-refractivity contribution in [1.82, 2.24) is 19.0 Å². The highest BCUT2D eigenvalue weighted by atomic mass is 32.2.